The van der Waals surface area contributed by atoms with Crippen molar-refractivity contribution < 1.29 is 17.6 Å². The van der Waals surface area contributed by atoms with Crippen molar-refractivity contribution in [3.63, 3.8) is 0 Å². The van der Waals surface area contributed by atoms with Crippen LogP contribution in [-0.2, 0) is 10.0 Å². The molecule has 0 aliphatic rings. The smallest absolute Gasteiger partial charge is 0.260 e. The van der Waals surface area contributed by atoms with Gasteiger partial charge < -0.3 is 9.73 Å². The third-order valence-corrected chi connectivity index (χ3v) is 4.64. The van der Waals surface area contributed by atoms with Crippen molar-refractivity contribution in [2.45, 2.75) is 4.90 Å². The largest absolute Gasteiger partial charge is 0.457 e. The van der Waals surface area contributed by atoms with Gasteiger partial charge in [0, 0.05) is 0 Å². The quantitative estimate of drug-likeness (QED) is 0.876. The van der Waals surface area contributed by atoms with Crippen LogP contribution in [0.5, 0.6) is 0 Å². The lowest BCUT2D eigenvalue weighted by atomic mass is 10.3. The number of halogens is 1. The predicted octanol–water partition coefficient (Wildman–Crippen LogP) is 2.20. The van der Waals surface area contributed by atoms with Crippen LogP contribution in [0.15, 0.2) is 50.6 Å². The summed E-state index contributed by atoms with van der Waals surface area (Å²) in [5.41, 5.74) is 0.474. The van der Waals surface area contributed by atoms with E-state index in [0.29, 0.717) is 0 Å². The Hall–Kier alpha value is -1.64. The number of carbonyl (C=O) groups excluding carboxylic acids is 1. The molecular weight excluding hydrogens is 348 g/mol. The van der Waals surface area contributed by atoms with Crippen LogP contribution in [0, 0.1) is 0 Å². The van der Waals surface area contributed by atoms with Crippen molar-refractivity contribution >= 4 is 37.5 Å². The molecule has 0 saturated carbocycles. The monoisotopic (exact) mass is 358 g/mol. The Kier molecular flexibility index (Phi) is 4.26. The molecular formula is C12H11BrN2O4S. The van der Waals surface area contributed by atoms with Gasteiger partial charge in [0.15, 0.2) is 4.67 Å². The Morgan fingerprint density at radius 2 is 1.95 bits per heavy atom. The van der Waals surface area contributed by atoms with Gasteiger partial charge in [0.25, 0.3) is 5.91 Å². The van der Waals surface area contributed by atoms with E-state index in [-0.39, 0.29) is 20.8 Å². The van der Waals surface area contributed by atoms with Crippen LogP contribution in [0.3, 0.4) is 0 Å². The van der Waals surface area contributed by atoms with E-state index in [2.05, 4.69) is 26.0 Å². The molecule has 0 radical (unpaired) electrons. The Balaban J connectivity index is 2.36. The Bertz CT molecular complexity index is 739. The second kappa shape index (κ2) is 5.78. The number of sulfonamides is 1. The van der Waals surface area contributed by atoms with E-state index in [9.17, 15) is 13.2 Å². The highest BCUT2D eigenvalue weighted by Gasteiger charge is 2.19. The summed E-state index contributed by atoms with van der Waals surface area (Å²) in [6, 6.07) is 7.61. The number of para-hydroxylation sites is 1. The Morgan fingerprint density at radius 3 is 2.55 bits per heavy atom. The number of carbonyl (C=O) groups is 1. The van der Waals surface area contributed by atoms with Gasteiger partial charge in [-0.2, -0.15) is 0 Å². The second-order valence-electron chi connectivity index (χ2n) is 3.77. The third kappa shape index (κ3) is 2.92. The third-order valence-electron chi connectivity index (χ3n) is 2.56. The fourth-order valence-electron chi connectivity index (χ4n) is 1.56. The van der Waals surface area contributed by atoms with Gasteiger partial charge in [-0.15, -0.1) is 0 Å². The van der Waals surface area contributed by atoms with E-state index in [0.717, 1.165) is 0 Å². The maximum Gasteiger partial charge on any atom is 0.260 e. The minimum Gasteiger partial charge on any atom is -0.457 e. The maximum absolute atomic E-state index is 12.0. The number of anilines is 1. The van der Waals surface area contributed by atoms with E-state index >= 15 is 0 Å². The van der Waals surface area contributed by atoms with Gasteiger partial charge in [0.2, 0.25) is 10.0 Å². The molecule has 1 heterocycles. The zero-order valence-electron chi connectivity index (χ0n) is 10.4. The molecule has 0 fully saturated rings. The molecule has 0 unspecified atom stereocenters. The molecule has 0 atom stereocenters. The average Bonchev–Trinajstić information content (AvgIpc) is 2.85. The van der Waals surface area contributed by atoms with Gasteiger partial charge in [-0.3, -0.25) is 4.79 Å². The molecule has 1 aromatic heterocycles. The van der Waals surface area contributed by atoms with E-state index in [1.54, 1.807) is 12.1 Å². The second-order valence-corrected chi connectivity index (χ2v) is 6.34. The Labute approximate surface area is 124 Å². The van der Waals surface area contributed by atoms with Crippen LogP contribution >= 0.6 is 15.9 Å². The van der Waals surface area contributed by atoms with Crippen molar-refractivity contribution in [3.05, 3.63) is 46.8 Å². The van der Waals surface area contributed by atoms with Crippen LogP contribution in [0.1, 0.15) is 10.4 Å². The van der Waals surface area contributed by atoms with Crippen LogP contribution in [-0.4, -0.2) is 21.4 Å². The molecule has 20 heavy (non-hydrogen) atoms. The summed E-state index contributed by atoms with van der Waals surface area (Å²) in [6.07, 6.45) is 1.36. The summed E-state index contributed by atoms with van der Waals surface area (Å²) in [6.45, 7) is 0. The van der Waals surface area contributed by atoms with Gasteiger partial charge >= 0.3 is 0 Å². The number of benzene rings is 1. The number of nitrogens with one attached hydrogen (secondary N) is 2. The normalized spacial score (nSPS) is 11.3. The zero-order valence-corrected chi connectivity index (χ0v) is 12.8. The van der Waals surface area contributed by atoms with Crippen molar-refractivity contribution in [2.75, 3.05) is 12.4 Å². The highest BCUT2D eigenvalue weighted by atomic mass is 79.9. The topological polar surface area (TPSA) is 88.4 Å². The summed E-state index contributed by atoms with van der Waals surface area (Å²) in [5.74, 6) is -0.468. The van der Waals surface area contributed by atoms with Crippen LogP contribution < -0.4 is 10.0 Å². The minimum absolute atomic E-state index is 0.00420. The SMILES string of the molecule is CNS(=O)(=O)c1ccccc1NC(=O)c1ccoc1Br. The fraction of sp³-hybridized carbons (Fsp3) is 0.0833. The highest BCUT2D eigenvalue weighted by Crippen LogP contribution is 2.23. The molecule has 8 heteroatoms. The molecule has 0 saturated heterocycles. The fourth-order valence-corrected chi connectivity index (χ4v) is 2.87. The number of rotatable bonds is 4. The number of amides is 1. The van der Waals surface area contributed by atoms with Gasteiger partial charge in [-0.25, -0.2) is 13.1 Å². The molecule has 2 aromatic rings. The first-order valence-corrected chi connectivity index (χ1v) is 7.80. The van der Waals surface area contributed by atoms with Gasteiger partial charge in [0.05, 0.1) is 17.5 Å². The minimum atomic E-state index is -3.65. The van der Waals surface area contributed by atoms with Crippen LogP contribution in [0.2, 0.25) is 0 Å². The first-order valence-electron chi connectivity index (χ1n) is 5.52. The molecule has 1 amide bonds. The van der Waals surface area contributed by atoms with Crippen molar-refractivity contribution in [3.8, 4) is 0 Å². The summed E-state index contributed by atoms with van der Waals surface area (Å²) >= 11 is 3.09. The number of hydrogen-bond acceptors (Lipinski definition) is 4. The summed E-state index contributed by atoms with van der Waals surface area (Å²) < 4.78 is 31.2. The van der Waals surface area contributed by atoms with Crippen LogP contribution in [0.25, 0.3) is 0 Å². The molecule has 2 N–H and O–H groups in total. The lowest BCUT2D eigenvalue weighted by Gasteiger charge is -2.10. The van der Waals surface area contributed by atoms with E-state index in [4.69, 9.17) is 4.42 Å². The predicted molar refractivity (Wildman–Crippen MR) is 77.0 cm³/mol. The molecule has 1 aromatic carbocycles. The lowest BCUT2D eigenvalue weighted by Crippen LogP contribution is -2.21. The van der Waals surface area contributed by atoms with E-state index in [1.807, 2.05) is 0 Å². The lowest BCUT2D eigenvalue weighted by molar-refractivity contribution is 0.102. The first kappa shape index (κ1) is 14.8. The average molecular weight is 359 g/mol. The molecule has 0 spiro atoms. The van der Waals surface area contributed by atoms with E-state index in [1.165, 1.54) is 31.5 Å². The Morgan fingerprint density at radius 1 is 1.25 bits per heavy atom. The van der Waals surface area contributed by atoms with Gasteiger partial charge in [-0.1, -0.05) is 12.1 Å². The van der Waals surface area contributed by atoms with E-state index < -0.39 is 15.9 Å². The summed E-state index contributed by atoms with van der Waals surface area (Å²) in [5, 5.41) is 2.55. The first-order chi connectivity index (χ1) is 9.45. The molecule has 0 bridgehead atoms. The summed E-state index contributed by atoms with van der Waals surface area (Å²) in [7, 11) is -2.35. The molecule has 2 rings (SSSR count). The number of hydrogen-bond donors (Lipinski definition) is 2. The molecule has 0 aliphatic heterocycles. The van der Waals surface area contributed by atoms with Crippen molar-refractivity contribution in [2.24, 2.45) is 0 Å². The van der Waals surface area contributed by atoms with Crippen molar-refractivity contribution in [1.29, 1.82) is 0 Å². The zero-order chi connectivity index (χ0) is 14.8. The highest BCUT2D eigenvalue weighted by molar-refractivity contribution is 9.10. The standard InChI is InChI=1S/C12H11BrN2O4S/c1-14-20(17,18)10-5-3-2-4-9(10)15-12(16)8-6-7-19-11(8)13/h2-7,14H,1H3,(H,15,16). The van der Waals surface area contributed by atoms with Gasteiger partial charge in [-0.05, 0) is 41.2 Å². The van der Waals surface area contributed by atoms with Crippen LogP contribution in [0.4, 0.5) is 5.69 Å². The number of furan rings is 1. The molecule has 0 aliphatic carbocycles. The van der Waals surface area contributed by atoms with Gasteiger partial charge in [0.1, 0.15) is 4.90 Å². The van der Waals surface area contributed by atoms with Crippen molar-refractivity contribution in [1.82, 2.24) is 4.72 Å². The summed E-state index contributed by atoms with van der Waals surface area (Å²) in [4.78, 5) is 12.0. The molecule has 106 valence electrons. The molecule has 6 nitrogen and oxygen atoms in total. The maximum atomic E-state index is 12.0.